The van der Waals surface area contributed by atoms with E-state index in [-0.39, 0.29) is 0 Å². The van der Waals surface area contributed by atoms with E-state index in [1.807, 2.05) is 6.07 Å². The summed E-state index contributed by atoms with van der Waals surface area (Å²) in [5, 5.41) is 3.40. The first-order valence-corrected chi connectivity index (χ1v) is 5.16. The highest BCUT2D eigenvalue weighted by Gasteiger charge is 2.33. The zero-order chi connectivity index (χ0) is 9.10. The number of rotatable bonds is 4. The van der Waals surface area contributed by atoms with Gasteiger partial charge in [-0.1, -0.05) is 6.92 Å². The Kier molecular flexibility index (Phi) is 2.69. The lowest BCUT2D eigenvalue weighted by molar-refractivity contribution is 0.217. The van der Waals surface area contributed by atoms with Crippen molar-refractivity contribution in [3.05, 3.63) is 24.2 Å². The topological polar surface area (TPSA) is 25.2 Å². The molecule has 1 aromatic rings. The molecule has 2 rings (SSSR count). The van der Waals surface area contributed by atoms with Crippen LogP contribution >= 0.6 is 0 Å². The van der Waals surface area contributed by atoms with E-state index < -0.39 is 0 Å². The molecule has 0 spiro atoms. The molecule has 0 aliphatic heterocycles. The molecular weight excluding hydrogens is 162 g/mol. The maximum atomic E-state index is 5.42. The van der Waals surface area contributed by atoms with Crippen molar-refractivity contribution in [2.24, 2.45) is 5.92 Å². The molecule has 0 amide bonds. The normalized spacial score (nSPS) is 27.2. The number of hydrogen-bond donors (Lipinski definition) is 1. The third-order valence-corrected chi connectivity index (χ3v) is 2.98. The Bertz CT molecular complexity index is 243. The van der Waals surface area contributed by atoms with Gasteiger partial charge >= 0.3 is 0 Å². The second kappa shape index (κ2) is 3.97. The summed E-state index contributed by atoms with van der Waals surface area (Å²) < 4.78 is 5.42. The summed E-state index contributed by atoms with van der Waals surface area (Å²) in [6.45, 7) is 4.36. The Hall–Kier alpha value is -0.760. The molecule has 1 N–H and O–H groups in total. The lowest BCUT2D eigenvalue weighted by Gasteiger charge is -2.35. The van der Waals surface area contributed by atoms with Gasteiger partial charge in [0.1, 0.15) is 5.76 Å². The quantitative estimate of drug-likeness (QED) is 0.767. The number of hydrogen-bond acceptors (Lipinski definition) is 2. The van der Waals surface area contributed by atoms with Crippen molar-refractivity contribution in [1.82, 2.24) is 5.32 Å². The molecule has 1 aliphatic carbocycles. The lowest BCUT2D eigenvalue weighted by atomic mass is 9.72. The van der Waals surface area contributed by atoms with Gasteiger partial charge in [0.15, 0.2) is 0 Å². The molecule has 0 radical (unpaired) electrons. The van der Waals surface area contributed by atoms with Crippen molar-refractivity contribution in [3.63, 3.8) is 0 Å². The van der Waals surface area contributed by atoms with Gasteiger partial charge in [-0.05, 0) is 44.0 Å². The van der Waals surface area contributed by atoms with Gasteiger partial charge < -0.3 is 9.73 Å². The summed E-state index contributed by atoms with van der Waals surface area (Å²) in [5.41, 5.74) is 0. The number of nitrogens with one attached hydrogen (secondary N) is 1. The minimum absolute atomic E-state index is 0.675. The molecule has 2 heteroatoms. The zero-order valence-corrected chi connectivity index (χ0v) is 8.12. The Morgan fingerprint density at radius 1 is 1.54 bits per heavy atom. The van der Waals surface area contributed by atoms with Crippen molar-refractivity contribution in [2.75, 3.05) is 13.1 Å². The van der Waals surface area contributed by atoms with Crippen molar-refractivity contribution in [3.8, 4) is 0 Å². The fourth-order valence-electron chi connectivity index (χ4n) is 2.02. The fourth-order valence-corrected chi connectivity index (χ4v) is 2.02. The van der Waals surface area contributed by atoms with Crippen LogP contribution < -0.4 is 5.32 Å². The molecule has 72 valence electrons. The van der Waals surface area contributed by atoms with Crippen molar-refractivity contribution < 1.29 is 4.42 Å². The van der Waals surface area contributed by atoms with Crippen LogP contribution in [0.15, 0.2) is 22.8 Å². The standard InChI is InChI=1S/C11H17NO/c1-2-12-8-9-5-6-10(9)11-4-3-7-13-11/h3-4,7,9-10,12H,2,5-6,8H2,1H3. The molecule has 0 aromatic carbocycles. The number of furan rings is 1. The van der Waals surface area contributed by atoms with Crippen LogP contribution in [0.2, 0.25) is 0 Å². The molecule has 0 saturated heterocycles. The molecule has 1 aromatic heterocycles. The highest BCUT2D eigenvalue weighted by molar-refractivity contribution is 5.11. The van der Waals surface area contributed by atoms with Crippen LogP contribution in [0.3, 0.4) is 0 Å². The molecule has 1 fully saturated rings. The largest absolute Gasteiger partial charge is 0.469 e. The first-order valence-electron chi connectivity index (χ1n) is 5.16. The smallest absolute Gasteiger partial charge is 0.107 e. The van der Waals surface area contributed by atoms with Crippen LogP contribution in [0.25, 0.3) is 0 Å². The first-order chi connectivity index (χ1) is 6.42. The van der Waals surface area contributed by atoms with E-state index >= 15 is 0 Å². The van der Waals surface area contributed by atoms with E-state index in [0.717, 1.165) is 19.0 Å². The van der Waals surface area contributed by atoms with Crippen LogP contribution in [-0.4, -0.2) is 13.1 Å². The fraction of sp³-hybridized carbons (Fsp3) is 0.636. The van der Waals surface area contributed by atoms with Gasteiger partial charge in [0.25, 0.3) is 0 Å². The van der Waals surface area contributed by atoms with E-state index in [0.29, 0.717) is 5.92 Å². The van der Waals surface area contributed by atoms with Gasteiger partial charge in [-0.15, -0.1) is 0 Å². The van der Waals surface area contributed by atoms with Crippen LogP contribution in [0.5, 0.6) is 0 Å². The van der Waals surface area contributed by atoms with Crippen LogP contribution in [0, 0.1) is 5.92 Å². The molecule has 0 bridgehead atoms. The summed E-state index contributed by atoms with van der Waals surface area (Å²) in [6.07, 6.45) is 4.42. The minimum atomic E-state index is 0.675. The van der Waals surface area contributed by atoms with Crippen LogP contribution in [-0.2, 0) is 0 Å². The van der Waals surface area contributed by atoms with Gasteiger partial charge in [-0.3, -0.25) is 0 Å². The summed E-state index contributed by atoms with van der Waals surface area (Å²) >= 11 is 0. The predicted octanol–water partition coefficient (Wildman–Crippen LogP) is 2.38. The lowest BCUT2D eigenvalue weighted by Crippen LogP contribution is -2.33. The molecular formula is C11H17NO. The molecule has 1 heterocycles. The van der Waals surface area contributed by atoms with Crippen LogP contribution in [0.1, 0.15) is 31.4 Å². The summed E-state index contributed by atoms with van der Waals surface area (Å²) in [7, 11) is 0. The minimum Gasteiger partial charge on any atom is -0.469 e. The van der Waals surface area contributed by atoms with Crippen LogP contribution in [0.4, 0.5) is 0 Å². The van der Waals surface area contributed by atoms with Gasteiger partial charge in [-0.25, -0.2) is 0 Å². The van der Waals surface area contributed by atoms with Gasteiger partial charge in [0, 0.05) is 5.92 Å². The third kappa shape index (κ3) is 1.78. The highest BCUT2D eigenvalue weighted by atomic mass is 16.3. The molecule has 2 atom stereocenters. The van der Waals surface area contributed by atoms with E-state index in [1.165, 1.54) is 18.6 Å². The van der Waals surface area contributed by atoms with E-state index in [2.05, 4.69) is 18.3 Å². The second-order valence-corrected chi connectivity index (χ2v) is 3.77. The van der Waals surface area contributed by atoms with E-state index in [1.54, 1.807) is 6.26 Å². The van der Waals surface area contributed by atoms with Crippen molar-refractivity contribution in [2.45, 2.75) is 25.7 Å². The Morgan fingerprint density at radius 3 is 3.00 bits per heavy atom. The average Bonchev–Trinajstić information content (AvgIpc) is 2.56. The monoisotopic (exact) mass is 179 g/mol. The zero-order valence-electron chi connectivity index (χ0n) is 8.12. The predicted molar refractivity (Wildman–Crippen MR) is 52.7 cm³/mol. The average molecular weight is 179 g/mol. The molecule has 1 aliphatic rings. The Balaban J connectivity index is 1.88. The maximum absolute atomic E-state index is 5.42. The van der Waals surface area contributed by atoms with Gasteiger partial charge in [0.2, 0.25) is 0 Å². The second-order valence-electron chi connectivity index (χ2n) is 3.77. The molecule has 2 nitrogen and oxygen atoms in total. The summed E-state index contributed by atoms with van der Waals surface area (Å²) in [6, 6.07) is 4.08. The maximum Gasteiger partial charge on any atom is 0.107 e. The molecule has 13 heavy (non-hydrogen) atoms. The molecule has 1 saturated carbocycles. The van der Waals surface area contributed by atoms with Gasteiger partial charge in [-0.2, -0.15) is 0 Å². The molecule has 2 unspecified atom stereocenters. The Labute approximate surface area is 79.3 Å². The third-order valence-electron chi connectivity index (χ3n) is 2.98. The van der Waals surface area contributed by atoms with E-state index in [4.69, 9.17) is 4.42 Å². The Morgan fingerprint density at radius 2 is 2.46 bits per heavy atom. The van der Waals surface area contributed by atoms with E-state index in [9.17, 15) is 0 Å². The van der Waals surface area contributed by atoms with Crippen molar-refractivity contribution >= 4 is 0 Å². The first kappa shape index (κ1) is 8.82. The van der Waals surface area contributed by atoms with Crippen molar-refractivity contribution in [1.29, 1.82) is 0 Å². The SMILES string of the molecule is CCNCC1CCC1c1ccco1. The summed E-state index contributed by atoms with van der Waals surface area (Å²) in [5.74, 6) is 2.65. The van der Waals surface area contributed by atoms with Gasteiger partial charge in [0.05, 0.1) is 6.26 Å². The summed E-state index contributed by atoms with van der Waals surface area (Å²) in [4.78, 5) is 0. The highest BCUT2D eigenvalue weighted by Crippen LogP contribution is 2.42.